The Morgan fingerprint density at radius 1 is 1.50 bits per heavy atom. The van der Waals surface area contributed by atoms with Crippen molar-refractivity contribution in [1.29, 1.82) is 0 Å². The molecule has 0 aromatic rings. The second kappa shape index (κ2) is 5.04. The average Bonchev–Trinajstić information content (AvgIpc) is 1.66. The molecule has 0 aliphatic rings. The molecule has 0 rings (SSSR count). The molecule has 1 unspecified atom stereocenters. The third kappa shape index (κ3) is 5.89. The van der Waals surface area contributed by atoms with Crippen LogP contribution in [0, 0.1) is 0 Å². The first-order valence-electron chi connectivity index (χ1n) is 2.25. The highest BCUT2D eigenvalue weighted by atomic mass is 31.1. The SMILES string of the molecule is O=[PH](O)CC=CCO. The molecule has 1 atom stereocenters. The maximum Gasteiger partial charge on any atom is 0.192 e. The molecule has 0 saturated heterocycles. The summed E-state index contributed by atoms with van der Waals surface area (Å²) in [5, 5.41) is 8.12. The molecule has 0 amide bonds. The first kappa shape index (κ1) is 7.89. The zero-order valence-corrected chi connectivity index (χ0v) is 5.37. The van der Waals surface area contributed by atoms with Crippen LogP contribution in [0.2, 0.25) is 0 Å². The summed E-state index contributed by atoms with van der Waals surface area (Å²) in [6.45, 7) is -0.0604. The highest BCUT2D eigenvalue weighted by Crippen LogP contribution is 2.10. The van der Waals surface area contributed by atoms with Crippen molar-refractivity contribution in [2.24, 2.45) is 0 Å². The van der Waals surface area contributed by atoms with Gasteiger partial charge in [-0.2, -0.15) is 0 Å². The van der Waals surface area contributed by atoms with Crippen LogP contribution in [-0.2, 0) is 4.57 Å². The lowest BCUT2D eigenvalue weighted by Gasteiger charge is -1.81. The van der Waals surface area contributed by atoms with Gasteiger partial charge in [0.25, 0.3) is 0 Å². The molecule has 0 aliphatic carbocycles. The Morgan fingerprint density at radius 2 is 2.12 bits per heavy atom. The van der Waals surface area contributed by atoms with Crippen LogP contribution in [-0.4, -0.2) is 22.8 Å². The van der Waals surface area contributed by atoms with Crippen LogP contribution >= 0.6 is 8.03 Å². The van der Waals surface area contributed by atoms with Crippen LogP contribution in [0.4, 0.5) is 0 Å². The van der Waals surface area contributed by atoms with E-state index in [9.17, 15) is 4.57 Å². The minimum Gasteiger partial charge on any atom is -0.392 e. The second-order valence-electron chi connectivity index (χ2n) is 1.25. The first-order chi connectivity index (χ1) is 3.77. The Hall–Kier alpha value is -0.110. The fourth-order valence-corrected chi connectivity index (χ4v) is 0.627. The maximum absolute atomic E-state index is 9.93. The van der Waals surface area contributed by atoms with Crippen LogP contribution in [0.5, 0.6) is 0 Å². The fraction of sp³-hybridized carbons (Fsp3) is 0.500. The van der Waals surface area contributed by atoms with Gasteiger partial charge in [0.1, 0.15) is 0 Å². The maximum atomic E-state index is 9.93. The molecule has 0 heterocycles. The first-order valence-corrected chi connectivity index (χ1v) is 3.81. The molecule has 48 valence electrons. The molecule has 0 bridgehead atoms. The smallest absolute Gasteiger partial charge is 0.192 e. The predicted octanol–water partition coefficient (Wildman–Crippen LogP) is 0.00190. The van der Waals surface area contributed by atoms with Crippen molar-refractivity contribution in [3.8, 4) is 0 Å². The summed E-state index contributed by atoms with van der Waals surface area (Å²) >= 11 is 0. The molecule has 4 heteroatoms. The van der Waals surface area contributed by atoms with E-state index in [4.69, 9.17) is 10.00 Å². The van der Waals surface area contributed by atoms with Crippen molar-refractivity contribution >= 4 is 8.03 Å². The van der Waals surface area contributed by atoms with E-state index in [1.807, 2.05) is 0 Å². The highest BCUT2D eigenvalue weighted by Gasteiger charge is 1.82. The molecule has 0 radical (unpaired) electrons. The lowest BCUT2D eigenvalue weighted by molar-refractivity contribution is 0.342. The van der Waals surface area contributed by atoms with E-state index < -0.39 is 8.03 Å². The molecule has 8 heavy (non-hydrogen) atoms. The minimum atomic E-state index is -2.36. The highest BCUT2D eigenvalue weighted by molar-refractivity contribution is 7.38. The molecule has 3 nitrogen and oxygen atoms in total. The number of aliphatic hydroxyl groups is 1. The van der Waals surface area contributed by atoms with E-state index in [0.717, 1.165) is 0 Å². The summed E-state index contributed by atoms with van der Waals surface area (Å²) in [5.41, 5.74) is 0. The number of hydrogen-bond acceptors (Lipinski definition) is 2. The van der Waals surface area contributed by atoms with Gasteiger partial charge in [-0.05, 0) is 0 Å². The summed E-state index contributed by atoms with van der Waals surface area (Å²) < 4.78 is 9.93. The van der Waals surface area contributed by atoms with Crippen LogP contribution in [0.25, 0.3) is 0 Å². The van der Waals surface area contributed by atoms with Crippen LogP contribution < -0.4 is 0 Å². The molecular formula is C4H9O3P. The molecule has 0 aromatic carbocycles. The van der Waals surface area contributed by atoms with E-state index in [0.29, 0.717) is 0 Å². The monoisotopic (exact) mass is 136 g/mol. The summed E-state index contributed by atoms with van der Waals surface area (Å²) in [7, 11) is -2.36. The van der Waals surface area contributed by atoms with Gasteiger partial charge >= 0.3 is 0 Å². The van der Waals surface area contributed by atoms with Gasteiger partial charge < -0.3 is 10.00 Å². The van der Waals surface area contributed by atoms with Crippen LogP contribution in [0.1, 0.15) is 0 Å². The fourth-order valence-electron chi connectivity index (χ4n) is 0.259. The van der Waals surface area contributed by atoms with Crippen LogP contribution in [0.3, 0.4) is 0 Å². The minimum absolute atomic E-state index is 0.0604. The Labute approximate surface area is 48.5 Å². The van der Waals surface area contributed by atoms with Gasteiger partial charge in [0.2, 0.25) is 0 Å². The van der Waals surface area contributed by atoms with E-state index in [2.05, 4.69) is 0 Å². The lowest BCUT2D eigenvalue weighted by Crippen LogP contribution is -1.72. The molecule has 0 aliphatic heterocycles. The van der Waals surface area contributed by atoms with Crippen molar-refractivity contribution in [2.75, 3.05) is 12.8 Å². The van der Waals surface area contributed by atoms with Gasteiger partial charge in [0.05, 0.1) is 6.61 Å². The standard InChI is InChI=1S/C4H9O3P/c5-3-1-2-4-8(6)7/h1-2,5,8H,3-4H2,(H,6,7). The molecule has 2 N–H and O–H groups in total. The van der Waals surface area contributed by atoms with Gasteiger partial charge in [0, 0.05) is 6.16 Å². The summed E-state index contributed by atoms with van der Waals surface area (Å²) in [6.07, 6.45) is 3.10. The Balaban J connectivity index is 3.16. The Morgan fingerprint density at radius 3 is 2.50 bits per heavy atom. The molecular weight excluding hydrogens is 127 g/mol. The zero-order chi connectivity index (χ0) is 6.41. The van der Waals surface area contributed by atoms with Gasteiger partial charge in [-0.25, -0.2) is 0 Å². The molecule has 0 aromatic heterocycles. The van der Waals surface area contributed by atoms with Gasteiger partial charge in [0.15, 0.2) is 8.03 Å². The van der Waals surface area contributed by atoms with E-state index in [1.54, 1.807) is 0 Å². The zero-order valence-electron chi connectivity index (χ0n) is 4.37. The third-order valence-electron chi connectivity index (χ3n) is 0.565. The van der Waals surface area contributed by atoms with Crippen molar-refractivity contribution in [3.05, 3.63) is 12.2 Å². The number of aliphatic hydroxyl groups excluding tert-OH is 1. The summed E-state index contributed by atoms with van der Waals surface area (Å²) in [5.74, 6) is 0. The summed E-state index contributed by atoms with van der Waals surface area (Å²) in [4.78, 5) is 8.19. The van der Waals surface area contributed by atoms with Crippen LogP contribution in [0.15, 0.2) is 12.2 Å². The van der Waals surface area contributed by atoms with Crippen molar-refractivity contribution in [3.63, 3.8) is 0 Å². The van der Waals surface area contributed by atoms with Crippen molar-refractivity contribution < 1.29 is 14.6 Å². The number of hydrogen-bond donors (Lipinski definition) is 2. The Bertz CT molecular complexity index is 99.5. The van der Waals surface area contributed by atoms with Gasteiger partial charge in [-0.3, -0.25) is 4.57 Å². The average molecular weight is 136 g/mol. The van der Waals surface area contributed by atoms with Crippen molar-refractivity contribution in [1.82, 2.24) is 0 Å². The molecule has 0 spiro atoms. The Kier molecular flexibility index (Phi) is 4.97. The number of allylic oxidation sites excluding steroid dienone is 1. The number of rotatable bonds is 3. The quantitative estimate of drug-likeness (QED) is 0.424. The van der Waals surface area contributed by atoms with E-state index >= 15 is 0 Å². The van der Waals surface area contributed by atoms with E-state index in [1.165, 1.54) is 12.2 Å². The van der Waals surface area contributed by atoms with Gasteiger partial charge in [-0.1, -0.05) is 12.2 Å². The normalized spacial score (nSPS) is 14.8. The largest absolute Gasteiger partial charge is 0.392 e. The van der Waals surface area contributed by atoms with E-state index in [-0.39, 0.29) is 12.8 Å². The predicted molar refractivity (Wildman–Crippen MR) is 32.3 cm³/mol. The third-order valence-corrected chi connectivity index (χ3v) is 1.15. The molecule has 0 fully saturated rings. The second-order valence-corrected chi connectivity index (χ2v) is 2.45. The topological polar surface area (TPSA) is 57.5 Å². The van der Waals surface area contributed by atoms with Gasteiger partial charge in [-0.15, -0.1) is 0 Å². The molecule has 0 saturated carbocycles. The summed E-state index contributed by atoms with van der Waals surface area (Å²) in [6, 6.07) is 0. The van der Waals surface area contributed by atoms with Crippen molar-refractivity contribution in [2.45, 2.75) is 0 Å². The lowest BCUT2D eigenvalue weighted by atomic mass is 10.6.